The van der Waals surface area contributed by atoms with Gasteiger partial charge in [-0.2, -0.15) is 0 Å². The van der Waals surface area contributed by atoms with Crippen LogP contribution in [-0.4, -0.2) is 45.0 Å². The third-order valence-corrected chi connectivity index (χ3v) is 5.92. The fourth-order valence-electron chi connectivity index (χ4n) is 4.07. The molecule has 0 saturated carbocycles. The molecular formula is C25H23ClN4O2. The molecule has 162 valence electrons. The Morgan fingerprint density at radius 3 is 2.88 bits per heavy atom. The average Bonchev–Trinajstić information content (AvgIpc) is 3.22. The molecule has 2 aromatic heterocycles. The number of nitrogens with zero attached hydrogens (tertiary/aromatic N) is 4. The molecule has 0 bridgehead atoms. The topological polar surface area (TPSA) is 60.2 Å². The molecule has 5 rings (SSSR count). The number of morpholine rings is 1. The molecule has 3 heterocycles. The van der Waals surface area contributed by atoms with Crippen molar-refractivity contribution in [3.63, 3.8) is 0 Å². The Balaban J connectivity index is 1.28. The maximum atomic E-state index is 13.0. The van der Waals surface area contributed by atoms with Crippen LogP contribution in [0.5, 0.6) is 0 Å². The highest BCUT2D eigenvalue weighted by Gasteiger charge is 2.26. The van der Waals surface area contributed by atoms with E-state index in [0.29, 0.717) is 31.1 Å². The van der Waals surface area contributed by atoms with Crippen LogP contribution in [0.4, 0.5) is 0 Å². The van der Waals surface area contributed by atoms with E-state index >= 15 is 0 Å². The van der Waals surface area contributed by atoms with Gasteiger partial charge in [-0.05, 0) is 42.0 Å². The molecular weight excluding hydrogens is 424 g/mol. The predicted molar refractivity (Wildman–Crippen MR) is 124 cm³/mol. The van der Waals surface area contributed by atoms with Crippen molar-refractivity contribution in [1.82, 2.24) is 19.4 Å². The minimum absolute atomic E-state index is 0.0523. The third kappa shape index (κ3) is 4.52. The Labute approximate surface area is 191 Å². The van der Waals surface area contributed by atoms with Gasteiger partial charge < -0.3 is 14.2 Å². The van der Waals surface area contributed by atoms with E-state index in [1.54, 1.807) is 6.33 Å². The summed E-state index contributed by atoms with van der Waals surface area (Å²) in [4.78, 5) is 24.1. The molecule has 7 heteroatoms. The highest BCUT2D eigenvalue weighted by Crippen LogP contribution is 2.23. The lowest BCUT2D eigenvalue weighted by Crippen LogP contribution is -2.43. The number of carbonyl (C=O) groups excluding carboxylic acids is 1. The lowest BCUT2D eigenvalue weighted by molar-refractivity contribution is -0.139. The van der Waals surface area contributed by atoms with E-state index in [1.807, 2.05) is 76.2 Å². The van der Waals surface area contributed by atoms with Gasteiger partial charge in [0.1, 0.15) is 12.6 Å². The lowest BCUT2D eigenvalue weighted by Gasteiger charge is -2.33. The van der Waals surface area contributed by atoms with Crippen LogP contribution in [0.15, 0.2) is 73.1 Å². The monoisotopic (exact) mass is 446 g/mol. The summed E-state index contributed by atoms with van der Waals surface area (Å²) in [5.41, 5.74) is 4.75. The first kappa shape index (κ1) is 20.7. The van der Waals surface area contributed by atoms with Crippen molar-refractivity contribution >= 4 is 28.5 Å². The van der Waals surface area contributed by atoms with Crippen LogP contribution >= 0.6 is 11.6 Å². The summed E-state index contributed by atoms with van der Waals surface area (Å²) in [7, 11) is 0. The summed E-state index contributed by atoms with van der Waals surface area (Å²) < 4.78 is 7.87. The number of carbonyl (C=O) groups is 1. The molecule has 0 unspecified atom stereocenters. The number of halogens is 1. The van der Waals surface area contributed by atoms with Gasteiger partial charge in [-0.25, -0.2) is 4.98 Å². The second-order valence-electron chi connectivity index (χ2n) is 7.92. The molecule has 1 saturated heterocycles. The maximum absolute atomic E-state index is 13.0. The number of hydrogen-bond acceptors (Lipinski definition) is 4. The van der Waals surface area contributed by atoms with Gasteiger partial charge >= 0.3 is 0 Å². The van der Waals surface area contributed by atoms with Gasteiger partial charge in [0.15, 0.2) is 0 Å². The predicted octanol–water partition coefficient (Wildman–Crippen LogP) is 4.28. The van der Waals surface area contributed by atoms with Gasteiger partial charge in [0.2, 0.25) is 5.91 Å². The SMILES string of the molecule is O=C(Cn1cnc2ccccc21)N1CCO[C@H](c2cccc(Cc3cccc(Cl)c3)n2)C1. The first-order valence-electron chi connectivity index (χ1n) is 10.7. The first-order valence-corrected chi connectivity index (χ1v) is 11.0. The summed E-state index contributed by atoms with van der Waals surface area (Å²) in [5.74, 6) is 0.0523. The van der Waals surface area contributed by atoms with Crippen LogP contribution < -0.4 is 0 Å². The zero-order valence-corrected chi connectivity index (χ0v) is 18.3. The van der Waals surface area contributed by atoms with Gasteiger partial charge in [0.25, 0.3) is 0 Å². The van der Waals surface area contributed by atoms with Crippen molar-refractivity contribution in [2.75, 3.05) is 19.7 Å². The maximum Gasteiger partial charge on any atom is 0.242 e. The molecule has 1 fully saturated rings. The minimum Gasteiger partial charge on any atom is -0.368 e. The number of hydrogen-bond donors (Lipinski definition) is 0. The normalized spacial score (nSPS) is 16.4. The number of amides is 1. The summed E-state index contributed by atoms with van der Waals surface area (Å²) in [6, 6.07) is 21.6. The van der Waals surface area contributed by atoms with Crippen LogP contribution in [0.3, 0.4) is 0 Å². The zero-order valence-electron chi connectivity index (χ0n) is 17.5. The van der Waals surface area contributed by atoms with Crippen molar-refractivity contribution in [3.8, 4) is 0 Å². The van der Waals surface area contributed by atoms with Crippen molar-refractivity contribution in [3.05, 3.63) is 95.0 Å². The van der Waals surface area contributed by atoms with Crippen molar-refractivity contribution in [2.24, 2.45) is 0 Å². The van der Waals surface area contributed by atoms with Crippen LogP contribution in [0.2, 0.25) is 5.02 Å². The van der Waals surface area contributed by atoms with Gasteiger partial charge in [0.05, 0.1) is 36.2 Å². The van der Waals surface area contributed by atoms with Crippen LogP contribution in [0, 0.1) is 0 Å². The Morgan fingerprint density at radius 2 is 1.97 bits per heavy atom. The van der Waals surface area contributed by atoms with Crippen LogP contribution in [0.1, 0.15) is 23.1 Å². The highest BCUT2D eigenvalue weighted by molar-refractivity contribution is 6.30. The summed E-state index contributed by atoms with van der Waals surface area (Å²) in [6.07, 6.45) is 2.17. The van der Waals surface area contributed by atoms with E-state index in [-0.39, 0.29) is 18.6 Å². The molecule has 1 amide bonds. The number of pyridine rings is 1. The Bertz CT molecular complexity index is 1260. The molecule has 6 nitrogen and oxygen atoms in total. The number of fused-ring (bicyclic) bond motifs is 1. The lowest BCUT2D eigenvalue weighted by atomic mass is 10.1. The van der Waals surface area contributed by atoms with E-state index in [4.69, 9.17) is 21.3 Å². The fourth-order valence-corrected chi connectivity index (χ4v) is 4.28. The molecule has 0 N–H and O–H groups in total. The molecule has 1 aliphatic rings. The second-order valence-corrected chi connectivity index (χ2v) is 8.36. The summed E-state index contributed by atoms with van der Waals surface area (Å²) in [5, 5.41) is 0.717. The zero-order chi connectivity index (χ0) is 21.9. The van der Waals surface area contributed by atoms with Gasteiger partial charge in [-0.1, -0.05) is 41.9 Å². The van der Waals surface area contributed by atoms with E-state index in [1.165, 1.54) is 0 Å². The van der Waals surface area contributed by atoms with Gasteiger partial charge in [-0.15, -0.1) is 0 Å². The standard InChI is InChI=1S/C25H23ClN4O2/c26-19-6-3-5-18(13-19)14-20-7-4-9-22(28-20)24-15-29(11-12-32-24)25(31)16-30-17-27-21-8-1-2-10-23(21)30/h1-10,13,17,24H,11-12,14-16H2/t24-/m0/s1. The Kier molecular flexibility index (Phi) is 5.88. The Morgan fingerprint density at radius 1 is 1.09 bits per heavy atom. The van der Waals surface area contributed by atoms with E-state index in [0.717, 1.165) is 28.0 Å². The van der Waals surface area contributed by atoms with Crippen LogP contribution in [-0.2, 0) is 22.5 Å². The summed E-state index contributed by atoms with van der Waals surface area (Å²) in [6.45, 7) is 1.81. The molecule has 0 spiro atoms. The number of ether oxygens (including phenoxy) is 1. The molecule has 1 aliphatic heterocycles. The van der Waals surface area contributed by atoms with Crippen LogP contribution in [0.25, 0.3) is 11.0 Å². The van der Waals surface area contributed by atoms with Crippen molar-refractivity contribution < 1.29 is 9.53 Å². The molecule has 0 radical (unpaired) electrons. The molecule has 0 aliphatic carbocycles. The van der Waals surface area contributed by atoms with Gasteiger partial charge in [-0.3, -0.25) is 9.78 Å². The summed E-state index contributed by atoms with van der Waals surface area (Å²) >= 11 is 6.11. The number of rotatable bonds is 5. The largest absolute Gasteiger partial charge is 0.368 e. The van der Waals surface area contributed by atoms with Crippen molar-refractivity contribution in [1.29, 1.82) is 0 Å². The average molecular weight is 447 g/mol. The smallest absolute Gasteiger partial charge is 0.242 e. The van der Waals surface area contributed by atoms with E-state index < -0.39 is 0 Å². The van der Waals surface area contributed by atoms with E-state index in [2.05, 4.69) is 4.98 Å². The number of imidazole rings is 1. The number of benzene rings is 2. The molecule has 32 heavy (non-hydrogen) atoms. The fraction of sp³-hybridized carbons (Fsp3) is 0.240. The molecule has 1 atom stereocenters. The highest BCUT2D eigenvalue weighted by atomic mass is 35.5. The van der Waals surface area contributed by atoms with E-state index in [9.17, 15) is 4.79 Å². The number of para-hydroxylation sites is 2. The second kappa shape index (κ2) is 9.10. The Hall–Kier alpha value is -3.22. The quantitative estimate of drug-likeness (QED) is 0.459. The van der Waals surface area contributed by atoms with Crippen molar-refractivity contribution in [2.45, 2.75) is 19.1 Å². The third-order valence-electron chi connectivity index (χ3n) is 5.68. The molecule has 2 aromatic carbocycles. The number of aromatic nitrogens is 3. The first-order chi connectivity index (χ1) is 15.7. The molecule has 4 aromatic rings. The minimum atomic E-state index is -0.244. The van der Waals surface area contributed by atoms with Gasteiger partial charge in [0, 0.05) is 23.7 Å².